The Bertz CT molecular complexity index is 1630. The van der Waals surface area contributed by atoms with Crippen LogP contribution >= 0.6 is 8.60 Å². The lowest BCUT2D eigenvalue weighted by atomic mass is 9.77. The molecule has 0 saturated heterocycles. The first kappa shape index (κ1) is 50.9. The lowest BCUT2D eigenvalue weighted by molar-refractivity contribution is 0.364. The lowest BCUT2D eigenvalue weighted by Crippen LogP contribution is -2.19. The van der Waals surface area contributed by atoms with Gasteiger partial charge in [-0.1, -0.05) is 214 Å². The summed E-state index contributed by atoms with van der Waals surface area (Å²) in [6.07, 6.45) is 34.1. The largest absolute Gasteiger partial charge is 0.530 e. The van der Waals surface area contributed by atoms with E-state index in [0.717, 1.165) is 17.2 Å². The summed E-state index contributed by atoms with van der Waals surface area (Å²) in [5, 5.41) is 0. The Kier molecular flexibility index (Phi) is 19.5. The van der Waals surface area contributed by atoms with E-state index in [1.165, 1.54) is 207 Å². The van der Waals surface area contributed by atoms with Gasteiger partial charge < -0.3 is 13.6 Å². The fourth-order valence-electron chi connectivity index (χ4n) is 11.5. The van der Waals surface area contributed by atoms with Gasteiger partial charge in [0, 0.05) is 0 Å². The van der Waals surface area contributed by atoms with Crippen LogP contribution in [-0.2, 0) is 16.2 Å². The molecule has 0 heterocycles. The summed E-state index contributed by atoms with van der Waals surface area (Å²) < 4.78 is 22.2. The first-order valence-corrected chi connectivity index (χ1v) is 28.2. The zero-order valence-corrected chi connectivity index (χ0v) is 43.6. The van der Waals surface area contributed by atoms with Crippen molar-refractivity contribution < 1.29 is 13.6 Å². The van der Waals surface area contributed by atoms with Gasteiger partial charge in [-0.2, -0.15) is 0 Å². The highest BCUT2D eigenvalue weighted by molar-refractivity contribution is 7.43. The second-order valence-corrected chi connectivity index (χ2v) is 23.8. The molecule has 0 unspecified atom stereocenters. The van der Waals surface area contributed by atoms with Crippen molar-refractivity contribution in [3.63, 3.8) is 0 Å². The average molecular weight is 893 g/mol. The molecule has 0 bridgehead atoms. The topological polar surface area (TPSA) is 27.7 Å². The van der Waals surface area contributed by atoms with Crippen molar-refractivity contribution in [1.29, 1.82) is 0 Å². The predicted molar refractivity (Wildman–Crippen MR) is 277 cm³/mol. The van der Waals surface area contributed by atoms with E-state index in [1.54, 1.807) is 0 Å². The van der Waals surface area contributed by atoms with Crippen molar-refractivity contribution in [2.24, 2.45) is 0 Å². The Morgan fingerprint density at radius 3 is 0.906 bits per heavy atom. The number of hydrogen-bond donors (Lipinski definition) is 0. The molecule has 356 valence electrons. The zero-order chi connectivity index (χ0) is 45.6. The molecular formula is C60H93O3P. The Morgan fingerprint density at radius 1 is 0.391 bits per heavy atom. The molecule has 3 nitrogen and oxygen atoms in total. The van der Waals surface area contributed by atoms with Crippen molar-refractivity contribution in [2.75, 3.05) is 0 Å². The maximum atomic E-state index is 7.40. The Hall–Kier alpha value is -2.51. The number of hydrogen-bond acceptors (Lipinski definition) is 3. The average Bonchev–Trinajstić information content (AvgIpc) is 3.30. The molecule has 3 aromatic carbocycles. The highest BCUT2D eigenvalue weighted by Crippen LogP contribution is 2.52. The zero-order valence-electron chi connectivity index (χ0n) is 42.7. The number of unbranched alkanes of at least 4 members (excludes halogenated alkanes) is 6. The summed E-state index contributed by atoms with van der Waals surface area (Å²) in [7, 11) is -1.85. The van der Waals surface area contributed by atoms with E-state index in [1.807, 2.05) is 0 Å². The molecule has 3 aromatic rings. The van der Waals surface area contributed by atoms with E-state index in [9.17, 15) is 0 Å². The molecule has 0 atom stereocenters. The second kappa shape index (κ2) is 24.5. The molecule has 0 aromatic heterocycles. The van der Waals surface area contributed by atoms with Crippen LogP contribution in [0.5, 0.6) is 17.2 Å². The monoisotopic (exact) mass is 893 g/mol. The van der Waals surface area contributed by atoms with E-state index < -0.39 is 8.60 Å². The van der Waals surface area contributed by atoms with Gasteiger partial charge in [0.05, 0.1) is 0 Å². The van der Waals surface area contributed by atoms with Crippen LogP contribution in [0.2, 0.25) is 0 Å². The van der Waals surface area contributed by atoms with Gasteiger partial charge >= 0.3 is 8.60 Å². The van der Waals surface area contributed by atoms with Crippen LogP contribution in [0.25, 0.3) is 0 Å². The Morgan fingerprint density at radius 2 is 0.656 bits per heavy atom. The Labute approximate surface area is 395 Å². The van der Waals surface area contributed by atoms with Crippen LogP contribution in [0.4, 0.5) is 0 Å². The molecule has 0 radical (unpaired) electrons. The van der Waals surface area contributed by atoms with Crippen LogP contribution < -0.4 is 13.6 Å². The third-order valence-electron chi connectivity index (χ3n) is 16.2. The van der Waals surface area contributed by atoms with Gasteiger partial charge in [-0.3, -0.25) is 0 Å². The third-order valence-corrected chi connectivity index (χ3v) is 17.3. The van der Waals surface area contributed by atoms with Crippen molar-refractivity contribution in [3.8, 4) is 17.2 Å². The number of benzene rings is 3. The minimum Gasteiger partial charge on any atom is -0.408 e. The molecule has 3 aliphatic rings. The molecule has 3 aliphatic carbocycles. The first-order chi connectivity index (χ1) is 30.8. The van der Waals surface area contributed by atoms with Crippen LogP contribution in [0.3, 0.4) is 0 Å². The van der Waals surface area contributed by atoms with Crippen molar-refractivity contribution in [1.82, 2.24) is 0 Å². The van der Waals surface area contributed by atoms with E-state index in [-0.39, 0.29) is 16.2 Å². The van der Waals surface area contributed by atoms with Gasteiger partial charge in [-0.15, -0.1) is 0 Å². The van der Waals surface area contributed by atoms with Gasteiger partial charge in [-0.25, -0.2) is 0 Å². The molecule has 4 heteroatoms. The first-order valence-electron chi connectivity index (χ1n) is 27.1. The minimum absolute atomic E-state index is 0.108. The molecule has 0 N–H and O–H groups in total. The molecule has 6 rings (SSSR count). The summed E-state index contributed by atoms with van der Waals surface area (Å²) in [5.41, 5.74) is 8.75. The molecule has 0 amide bonds. The van der Waals surface area contributed by atoms with Crippen molar-refractivity contribution >= 4 is 8.60 Å². The van der Waals surface area contributed by atoms with Crippen LogP contribution in [0.15, 0.2) is 54.6 Å². The molecule has 64 heavy (non-hydrogen) atoms. The van der Waals surface area contributed by atoms with Crippen molar-refractivity contribution in [3.05, 3.63) is 88.0 Å². The fraction of sp³-hybridized carbons (Fsp3) is 0.700. The summed E-state index contributed by atoms with van der Waals surface area (Å²) >= 11 is 0. The predicted octanol–water partition coefficient (Wildman–Crippen LogP) is 20.2. The van der Waals surface area contributed by atoms with Gasteiger partial charge in [0.2, 0.25) is 0 Å². The normalized spacial score (nSPS) is 17.5. The van der Waals surface area contributed by atoms with E-state index in [0.29, 0.717) is 17.8 Å². The van der Waals surface area contributed by atoms with Crippen LogP contribution in [0, 0.1) is 0 Å². The molecule has 3 fully saturated rings. The van der Waals surface area contributed by atoms with E-state index in [2.05, 4.69) is 117 Å². The molecule has 0 aliphatic heterocycles. The molecule has 3 saturated carbocycles. The fourth-order valence-corrected chi connectivity index (χ4v) is 12.6. The maximum absolute atomic E-state index is 7.40. The van der Waals surface area contributed by atoms with Gasteiger partial charge in [-0.05, 0) is 143 Å². The summed E-state index contributed by atoms with van der Waals surface area (Å²) in [6, 6.07) is 21.6. The SMILES string of the molecule is CCCCCC(C)(C)c1ccc(OP(Oc2ccc(C(C)(C)CCCCC)cc2C2CCCCC2)Oc2ccc(C(C)(C)CCCCC)cc2C2CCCCC2)c(C2CCCCC2)c1. The quantitative estimate of drug-likeness (QED) is 0.0662. The summed E-state index contributed by atoms with van der Waals surface area (Å²) in [5.74, 6) is 4.37. The number of rotatable bonds is 24. The smallest absolute Gasteiger partial charge is 0.408 e. The minimum atomic E-state index is -1.85. The van der Waals surface area contributed by atoms with Gasteiger partial charge in [0.15, 0.2) is 0 Å². The van der Waals surface area contributed by atoms with Gasteiger partial charge in [0.1, 0.15) is 17.2 Å². The van der Waals surface area contributed by atoms with E-state index >= 15 is 0 Å². The standard InChI is InChI=1S/C60H93O3P/c1-10-13-25-40-58(4,5)49-34-37-55(52(43-49)46-28-19-16-20-29-46)61-64(62-56-38-35-50(59(6,7)41-26-14-11-2)44-53(56)47-30-21-17-22-31-47)63-57-39-36-51(60(8,9)42-27-15-12-3)45-54(57)48-32-23-18-24-33-48/h34-39,43-48H,10-33,40-42H2,1-9H3. The van der Waals surface area contributed by atoms with E-state index in [4.69, 9.17) is 13.6 Å². The molecule has 0 spiro atoms. The lowest BCUT2D eigenvalue weighted by Gasteiger charge is -2.32. The highest BCUT2D eigenvalue weighted by atomic mass is 31.2. The second-order valence-electron chi connectivity index (χ2n) is 22.8. The van der Waals surface area contributed by atoms with Crippen LogP contribution in [-0.4, -0.2) is 0 Å². The Balaban J connectivity index is 1.44. The third kappa shape index (κ3) is 14.0. The highest BCUT2D eigenvalue weighted by Gasteiger charge is 2.33. The van der Waals surface area contributed by atoms with Crippen molar-refractivity contribution in [2.45, 2.75) is 270 Å². The maximum Gasteiger partial charge on any atom is 0.530 e. The van der Waals surface area contributed by atoms with Crippen LogP contribution in [0.1, 0.15) is 287 Å². The summed E-state index contributed by atoms with van der Waals surface area (Å²) in [4.78, 5) is 0. The summed E-state index contributed by atoms with van der Waals surface area (Å²) in [6.45, 7) is 21.6. The van der Waals surface area contributed by atoms with Gasteiger partial charge in [0.25, 0.3) is 0 Å². The molecular weight excluding hydrogens is 800 g/mol.